The number of carbonyl (C=O) groups is 1. The molecule has 0 aliphatic carbocycles. The van der Waals surface area contributed by atoms with Crippen molar-refractivity contribution in [1.82, 2.24) is 4.68 Å². The van der Waals surface area contributed by atoms with E-state index >= 15 is 0 Å². The number of carbonyl (C=O) groups excluding carboxylic acids is 1. The molecule has 0 radical (unpaired) electrons. The van der Waals surface area contributed by atoms with E-state index in [0.717, 1.165) is 17.0 Å². The van der Waals surface area contributed by atoms with Gasteiger partial charge in [0.25, 0.3) is 5.91 Å². The molecule has 3 rings (SSSR count). The lowest BCUT2D eigenvalue weighted by Crippen LogP contribution is -2.25. The zero-order valence-electron chi connectivity index (χ0n) is 18.1. The van der Waals surface area contributed by atoms with Crippen LogP contribution in [0.5, 0.6) is 11.5 Å². The highest BCUT2D eigenvalue weighted by Crippen LogP contribution is 2.38. The molecule has 0 spiro atoms. The number of hydrogen-bond acceptors (Lipinski definition) is 4. The van der Waals surface area contributed by atoms with Crippen LogP contribution >= 0.6 is 39.1 Å². The van der Waals surface area contributed by atoms with Gasteiger partial charge in [0.1, 0.15) is 18.2 Å². The van der Waals surface area contributed by atoms with Crippen LogP contribution in [0.3, 0.4) is 0 Å². The molecule has 2 aromatic carbocycles. The SMILES string of the molecule is COc1cc(/C=C(/C#N)C(=O)Nn2c(C)ccc2C)cc(Br)c1OCc1ccc(Cl)cc1Cl. The Labute approximate surface area is 210 Å². The van der Waals surface area contributed by atoms with Gasteiger partial charge in [0.2, 0.25) is 0 Å². The normalized spacial score (nSPS) is 11.1. The van der Waals surface area contributed by atoms with Crippen LogP contribution in [-0.2, 0) is 11.4 Å². The van der Waals surface area contributed by atoms with E-state index < -0.39 is 5.91 Å². The van der Waals surface area contributed by atoms with E-state index in [1.807, 2.05) is 32.0 Å². The molecule has 0 bridgehead atoms. The number of nitriles is 1. The molecule has 6 nitrogen and oxygen atoms in total. The number of hydrogen-bond donors (Lipinski definition) is 1. The maximum Gasteiger partial charge on any atom is 0.280 e. The Kier molecular flexibility index (Phi) is 8.09. The molecule has 0 atom stereocenters. The van der Waals surface area contributed by atoms with Gasteiger partial charge in [-0.3, -0.25) is 14.9 Å². The summed E-state index contributed by atoms with van der Waals surface area (Å²) in [5.74, 6) is 0.366. The molecule has 1 heterocycles. The van der Waals surface area contributed by atoms with Gasteiger partial charge < -0.3 is 9.47 Å². The number of benzene rings is 2. The molecule has 0 fully saturated rings. The number of nitrogens with one attached hydrogen (secondary N) is 1. The van der Waals surface area contributed by atoms with Crippen molar-refractivity contribution >= 4 is 51.1 Å². The molecule has 170 valence electrons. The summed E-state index contributed by atoms with van der Waals surface area (Å²) in [6.45, 7) is 3.92. The van der Waals surface area contributed by atoms with E-state index in [2.05, 4.69) is 21.4 Å². The summed E-state index contributed by atoms with van der Waals surface area (Å²) in [5.41, 5.74) is 5.72. The minimum atomic E-state index is -0.521. The lowest BCUT2D eigenvalue weighted by Gasteiger charge is -2.15. The van der Waals surface area contributed by atoms with Gasteiger partial charge in [0.05, 0.1) is 11.6 Å². The number of rotatable bonds is 7. The van der Waals surface area contributed by atoms with Gasteiger partial charge >= 0.3 is 0 Å². The third kappa shape index (κ3) is 5.91. The summed E-state index contributed by atoms with van der Waals surface area (Å²) in [7, 11) is 1.51. The summed E-state index contributed by atoms with van der Waals surface area (Å²) in [6.07, 6.45) is 1.48. The Morgan fingerprint density at radius 2 is 1.88 bits per heavy atom. The van der Waals surface area contributed by atoms with E-state index in [9.17, 15) is 10.1 Å². The van der Waals surface area contributed by atoms with Gasteiger partial charge in [-0.15, -0.1) is 0 Å². The number of ether oxygens (including phenoxy) is 2. The third-order valence-corrected chi connectivity index (χ3v) is 5.98. The summed E-state index contributed by atoms with van der Waals surface area (Å²) in [6, 6.07) is 14.3. The summed E-state index contributed by atoms with van der Waals surface area (Å²) >= 11 is 15.6. The Balaban J connectivity index is 1.84. The molecule has 0 saturated heterocycles. The molecule has 3 aromatic rings. The van der Waals surface area contributed by atoms with Gasteiger partial charge in [-0.05, 0) is 77.8 Å². The molecule has 0 aliphatic rings. The second-order valence-corrected chi connectivity index (χ2v) is 8.82. The van der Waals surface area contributed by atoms with Gasteiger partial charge in [0.15, 0.2) is 11.5 Å². The van der Waals surface area contributed by atoms with Crippen LogP contribution in [0.2, 0.25) is 10.0 Å². The first-order chi connectivity index (χ1) is 15.7. The average molecular weight is 549 g/mol. The van der Waals surface area contributed by atoms with E-state index in [1.165, 1.54) is 13.2 Å². The zero-order chi connectivity index (χ0) is 24.1. The Morgan fingerprint density at radius 1 is 1.18 bits per heavy atom. The highest BCUT2D eigenvalue weighted by molar-refractivity contribution is 9.10. The van der Waals surface area contributed by atoms with Crippen molar-refractivity contribution in [2.45, 2.75) is 20.5 Å². The van der Waals surface area contributed by atoms with Crippen LogP contribution in [0.25, 0.3) is 6.08 Å². The Bertz CT molecular complexity index is 1260. The van der Waals surface area contributed by atoms with Crippen LogP contribution in [0.1, 0.15) is 22.5 Å². The minimum absolute atomic E-state index is 0.0573. The smallest absolute Gasteiger partial charge is 0.280 e. The van der Waals surface area contributed by atoms with Crippen molar-refractivity contribution < 1.29 is 14.3 Å². The number of nitrogens with zero attached hydrogens (tertiary/aromatic N) is 2. The fourth-order valence-electron chi connectivity index (χ4n) is 3.07. The molecule has 9 heteroatoms. The van der Waals surface area contributed by atoms with E-state index in [1.54, 1.807) is 35.0 Å². The molecule has 0 saturated carbocycles. The first kappa shape index (κ1) is 24.7. The van der Waals surface area contributed by atoms with Crippen LogP contribution < -0.4 is 14.9 Å². The maximum absolute atomic E-state index is 12.7. The molecule has 0 unspecified atom stereocenters. The van der Waals surface area contributed by atoms with Gasteiger partial charge in [-0.1, -0.05) is 29.3 Å². The minimum Gasteiger partial charge on any atom is -0.493 e. The summed E-state index contributed by atoms with van der Waals surface area (Å²) in [5, 5.41) is 10.6. The second-order valence-electron chi connectivity index (χ2n) is 7.12. The predicted molar refractivity (Wildman–Crippen MR) is 133 cm³/mol. The van der Waals surface area contributed by atoms with E-state index in [4.69, 9.17) is 32.7 Å². The summed E-state index contributed by atoms with van der Waals surface area (Å²) < 4.78 is 13.6. The number of methoxy groups -OCH3 is 1. The number of halogens is 3. The predicted octanol–water partition coefficient (Wildman–Crippen LogP) is 6.44. The fraction of sp³-hybridized carbons (Fsp3) is 0.167. The van der Waals surface area contributed by atoms with Crippen molar-refractivity contribution in [3.05, 3.63) is 85.1 Å². The monoisotopic (exact) mass is 547 g/mol. The molecular formula is C24H20BrCl2N3O3. The number of amides is 1. The Hall–Kier alpha value is -2.92. The van der Waals surface area contributed by atoms with Crippen molar-refractivity contribution in [3.63, 3.8) is 0 Å². The first-order valence-electron chi connectivity index (χ1n) is 9.75. The van der Waals surface area contributed by atoms with Crippen LogP contribution in [0, 0.1) is 25.2 Å². The number of aryl methyl sites for hydroxylation is 2. The van der Waals surface area contributed by atoms with Crippen molar-refractivity contribution in [1.29, 1.82) is 5.26 Å². The first-order valence-corrected chi connectivity index (χ1v) is 11.3. The van der Waals surface area contributed by atoms with Gasteiger partial charge in [0, 0.05) is 27.0 Å². The molecule has 1 N–H and O–H groups in total. The van der Waals surface area contributed by atoms with Crippen molar-refractivity contribution in [3.8, 4) is 17.6 Å². The number of aromatic nitrogens is 1. The Morgan fingerprint density at radius 3 is 2.48 bits per heavy atom. The van der Waals surface area contributed by atoms with E-state index in [-0.39, 0.29) is 12.2 Å². The van der Waals surface area contributed by atoms with Crippen LogP contribution in [0.15, 0.2) is 52.5 Å². The molecule has 1 amide bonds. The zero-order valence-corrected chi connectivity index (χ0v) is 21.2. The molecule has 0 aliphatic heterocycles. The largest absolute Gasteiger partial charge is 0.493 e. The van der Waals surface area contributed by atoms with Crippen molar-refractivity contribution in [2.24, 2.45) is 0 Å². The van der Waals surface area contributed by atoms with Crippen molar-refractivity contribution in [2.75, 3.05) is 12.5 Å². The molecular weight excluding hydrogens is 529 g/mol. The third-order valence-electron chi connectivity index (χ3n) is 4.80. The molecule has 33 heavy (non-hydrogen) atoms. The highest BCUT2D eigenvalue weighted by atomic mass is 79.9. The lowest BCUT2D eigenvalue weighted by molar-refractivity contribution is -0.113. The van der Waals surface area contributed by atoms with Gasteiger partial charge in [-0.25, -0.2) is 0 Å². The average Bonchev–Trinajstić information content (AvgIpc) is 3.09. The standard InChI is InChI=1S/C24H20BrCl2N3O3/c1-14-4-5-15(2)30(14)29-24(31)18(12-28)8-16-9-20(25)23(22(10-16)32-3)33-13-17-6-7-19(26)11-21(17)27/h4-11H,13H2,1-3H3,(H,29,31)/b18-8-. The quantitative estimate of drug-likeness (QED) is 0.272. The fourth-order valence-corrected chi connectivity index (χ4v) is 4.11. The molecule has 1 aromatic heterocycles. The topological polar surface area (TPSA) is 76.3 Å². The summed E-state index contributed by atoms with van der Waals surface area (Å²) in [4.78, 5) is 12.7. The highest BCUT2D eigenvalue weighted by Gasteiger charge is 2.15. The maximum atomic E-state index is 12.7. The van der Waals surface area contributed by atoms with Gasteiger partial charge in [-0.2, -0.15) is 5.26 Å². The van der Waals surface area contributed by atoms with Crippen LogP contribution in [-0.4, -0.2) is 17.7 Å². The van der Waals surface area contributed by atoms with E-state index in [0.29, 0.717) is 31.6 Å². The second kappa shape index (κ2) is 10.8. The van der Waals surface area contributed by atoms with Crippen LogP contribution in [0.4, 0.5) is 0 Å². The lowest BCUT2D eigenvalue weighted by atomic mass is 10.1.